The molecule has 0 spiro atoms. The lowest BCUT2D eigenvalue weighted by atomic mass is 9.84. The fourth-order valence-electron chi connectivity index (χ4n) is 14.8. The van der Waals surface area contributed by atoms with E-state index in [2.05, 4.69) is 58.3 Å². The number of hydrogen-bond acceptors (Lipinski definition) is 29. The predicted molar refractivity (Wildman–Crippen MR) is 439 cm³/mol. The Bertz CT molecular complexity index is 5220. The highest BCUT2D eigenvalue weighted by Crippen LogP contribution is 2.50. The molecule has 16 unspecified atom stereocenters. The lowest BCUT2D eigenvalue weighted by Crippen LogP contribution is -2.65. The third-order valence-electron chi connectivity index (χ3n) is 21.2. The molecule has 7 aliphatic heterocycles. The van der Waals surface area contributed by atoms with E-state index < -0.39 is 243 Å². The molecule has 0 saturated carbocycles. The summed E-state index contributed by atoms with van der Waals surface area (Å²) in [4.78, 5) is 143. The summed E-state index contributed by atoms with van der Waals surface area (Å²) >= 11 is 26.8. The van der Waals surface area contributed by atoms with Crippen molar-refractivity contribution in [2.45, 2.75) is 163 Å². The summed E-state index contributed by atoms with van der Waals surface area (Å²) in [5.74, 6) is -16.1. The monoisotopic (exact) mass is 1800 g/mol. The number of halogens is 4. The van der Waals surface area contributed by atoms with Crippen molar-refractivity contribution in [3.8, 4) is 57.1 Å². The van der Waals surface area contributed by atoms with Crippen LogP contribution in [0.1, 0.15) is 121 Å². The van der Waals surface area contributed by atoms with Crippen molar-refractivity contribution in [3.63, 3.8) is 0 Å². The number of aliphatic hydroxyl groups is 6. The lowest BCUT2D eigenvalue weighted by Gasteiger charge is -2.48. The lowest BCUT2D eigenvalue weighted by molar-refractivity contribution is -0.334. The molecule has 14 rings (SSSR count). The molecule has 8 heterocycles. The number of hydroxylamine groups is 1. The first-order valence-electron chi connectivity index (χ1n) is 38.7. The molecule has 2 fully saturated rings. The molecule has 18 atom stereocenters. The van der Waals surface area contributed by atoms with E-state index in [0.29, 0.717) is 11.3 Å². The number of phenols is 3. The molecule has 21 N–H and O–H groups in total. The number of ether oxygens (including phenoxy) is 7. The Morgan fingerprint density at radius 1 is 0.694 bits per heavy atom. The maximum absolute atomic E-state index is 16.4. The van der Waals surface area contributed by atoms with Gasteiger partial charge in [-0.2, -0.15) is 0 Å². The first-order chi connectivity index (χ1) is 58.9. The third-order valence-corrected chi connectivity index (χ3v) is 22.2. The molecule has 9 amide bonds. The number of likely N-dealkylation sites (N-methyl/N-ethyl adjacent to an activating group) is 1. The minimum absolute atomic E-state index is 0.0497. The van der Waals surface area contributed by atoms with Crippen molar-refractivity contribution in [1.82, 2.24) is 53.0 Å². The number of nitrogens with zero attached hydrogens (tertiary/aromatic N) is 1. The highest BCUT2D eigenvalue weighted by Gasteiger charge is 2.52. The molecular weight excluding hydrogens is 1710 g/mol. The van der Waals surface area contributed by atoms with Crippen LogP contribution in [0.2, 0.25) is 20.1 Å². The van der Waals surface area contributed by atoms with Gasteiger partial charge in [0.05, 0.1) is 60.1 Å². The Labute approximate surface area is 726 Å². The second kappa shape index (κ2) is 39.6. The molecule has 2 saturated heterocycles. The number of methoxy groups -OCH3 is 1. The highest BCUT2D eigenvalue weighted by atomic mass is 35.5. The highest BCUT2D eigenvalue weighted by molar-refractivity contribution is 6.35. The van der Waals surface area contributed by atoms with E-state index in [1.807, 2.05) is 13.8 Å². The fourth-order valence-corrected chi connectivity index (χ4v) is 15.8. The predicted octanol–water partition coefficient (Wildman–Crippen LogP) is 3.50. The van der Waals surface area contributed by atoms with Crippen LogP contribution in [0.5, 0.6) is 46.0 Å². The number of hydrogen-bond donors (Lipinski definition) is 20. The summed E-state index contributed by atoms with van der Waals surface area (Å²) in [6.45, 7) is 5.36. The van der Waals surface area contributed by atoms with Crippen LogP contribution >= 0.6 is 46.4 Å². The number of pyridine rings is 1. The number of aromatic hydroxyl groups is 3. The Morgan fingerprint density at radius 3 is 1.98 bits per heavy atom. The van der Waals surface area contributed by atoms with Gasteiger partial charge < -0.3 is 133 Å². The van der Waals surface area contributed by atoms with E-state index in [4.69, 9.17) is 90.1 Å². The number of carbonyl (C=O) groups excluding carboxylic acids is 9. The van der Waals surface area contributed by atoms with Gasteiger partial charge in [0, 0.05) is 70.9 Å². The van der Waals surface area contributed by atoms with Crippen LogP contribution in [-0.2, 0) is 68.7 Å². The standard InChI is InChI=1S/C82H90Cl4N12O26/c1-33(2)15-49(88-5)74(110)96-64-66(104)37-8-11-53(47(85)18-37)120-55-20-39-21-56(70(55)124-81-71(69(107)68(106)57(32-99)122-81)123-59-28-82(4,72(108)34(3)119-59)90-30-35-16-40(31-89-29-35)73(109)91-43-23-41(83)22-42(84)24-43)121-54-12-9-38(19-48(54)86)67(105)65-79(115)95-63(80(116)98-118-14-13-117-6)46-25-44(100)26-52(102)60(46)45-17-36(7-10-51(45)101)61(76(112)97-65)94-77(113)62(39)93-75(111)50(27-58(87)103)92-78(64)114/h7-12,16-26,29,31,33-34,49-50,57,59,61-69,71-72,81,88,90,99-102,104-108H,13-15,27-28,30,32H2,1-6H3,(H2,87,103)(H,91,109)(H,92,114)(H,93,111)(H,94,113)(H,95,115)(H,96,110)(H,97,112)(H,98,116)/t34?,49?,50?,57?,59?,61?,62?,63-,64?,65?,66?,67?,68?,69?,71?,72?,81?,82-/m1/s1. The van der Waals surface area contributed by atoms with Crippen molar-refractivity contribution >= 4 is 105 Å². The molecule has 0 aliphatic carbocycles. The van der Waals surface area contributed by atoms with Gasteiger partial charge in [-0.25, -0.2) is 5.48 Å². The van der Waals surface area contributed by atoms with Crippen LogP contribution in [0.25, 0.3) is 11.1 Å². The van der Waals surface area contributed by atoms with Gasteiger partial charge >= 0.3 is 0 Å². The van der Waals surface area contributed by atoms with Crippen LogP contribution in [0.4, 0.5) is 5.69 Å². The zero-order valence-corrected chi connectivity index (χ0v) is 69.8. The van der Waals surface area contributed by atoms with Gasteiger partial charge in [-0.1, -0.05) is 78.5 Å². The number of fused-ring (bicyclic) bond motifs is 15. The van der Waals surface area contributed by atoms with Crippen molar-refractivity contribution in [2.24, 2.45) is 11.7 Å². The smallest absolute Gasteiger partial charge is 0.270 e. The zero-order chi connectivity index (χ0) is 89.6. The van der Waals surface area contributed by atoms with E-state index >= 15 is 24.0 Å². The summed E-state index contributed by atoms with van der Waals surface area (Å²) in [5, 5.41) is 130. The number of aromatic nitrogens is 1. The fraction of sp³-hybridized carbons (Fsp3) is 0.390. The number of nitrogens with two attached hydrogens (primary N) is 1. The van der Waals surface area contributed by atoms with Crippen LogP contribution in [0.3, 0.4) is 0 Å². The van der Waals surface area contributed by atoms with Crippen molar-refractivity contribution in [3.05, 3.63) is 175 Å². The largest absolute Gasteiger partial charge is 0.508 e. The Kier molecular flexibility index (Phi) is 29.4. The normalized spacial score (nSPS) is 26.1. The minimum Gasteiger partial charge on any atom is -0.508 e. The molecule has 1 aromatic heterocycles. The minimum atomic E-state index is -2.39. The molecule has 7 aliphatic rings. The summed E-state index contributed by atoms with van der Waals surface area (Å²) in [6, 6.07) is 5.58. The molecule has 42 heteroatoms. The summed E-state index contributed by atoms with van der Waals surface area (Å²) in [5.41, 5.74) is 4.76. The number of carbonyl (C=O) groups is 9. The Balaban J connectivity index is 1.03. The molecule has 0 radical (unpaired) electrons. The maximum Gasteiger partial charge on any atom is 0.270 e. The average molecular weight is 1800 g/mol. The van der Waals surface area contributed by atoms with E-state index in [-0.39, 0.29) is 81.6 Å². The van der Waals surface area contributed by atoms with Gasteiger partial charge in [0.25, 0.3) is 11.8 Å². The number of benzene rings is 6. The number of amides is 9. The number of rotatable bonds is 22. The molecule has 6 aromatic carbocycles. The number of nitrogens with one attached hydrogen (secondary N) is 10. The average Bonchev–Trinajstić information content (AvgIpc) is 0.777. The molecule has 124 heavy (non-hydrogen) atoms. The number of primary amides is 1. The van der Waals surface area contributed by atoms with Crippen LogP contribution in [-0.4, -0.2) is 217 Å². The second-order valence-electron chi connectivity index (χ2n) is 30.6. The third kappa shape index (κ3) is 21.0. The second-order valence-corrected chi connectivity index (χ2v) is 32.3. The van der Waals surface area contributed by atoms with E-state index in [1.165, 1.54) is 63.8 Å². The van der Waals surface area contributed by atoms with Crippen LogP contribution in [0, 0.1) is 5.92 Å². The topological polar surface area (TPSA) is 569 Å². The van der Waals surface area contributed by atoms with Crippen molar-refractivity contribution in [1.29, 1.82) is 0 Å². The van der Waals surface area contributed by atoms with Gasteiger partial charge in [0.2, 0.25) is 53.4 Å². The van der Waals surface area contributed by atoms with Gasteiger partial charge in [-0.15, -0.1) is 0 Å². The van der Waals surface area contributed by atoms with E-state index in [0.717, 1.165) is 66.7 Å². The van der Waals surface area contributed by atoms with Gasteiger partial charge in [-0.3, -0.25) is 53.0 Å². The molecule has 38 nitrogen and oxygen atoms in total. The molecule has 662 valence electrons. The maximum atomic E-state index is 16.4. The Morgan fingerprint density at radius 2 is 1.34 bits per heavy atom. The van der Waals surface area contributed by atoms with Gasteiger partial charge in [0.15, 0.2) is 23.9 Å². The molecule has 11 bridgehead atoms. The molecular formula is C82H90Cl4N12O26. The number of aliphatic hydroxyl groups excluding tert-OH is 6. The molecule has 7 aromatic rings. The SMILES string of the molecule is CNC(CC(C)C)C(=O)NC1C(=O)NC(CC(N)=O)C(=O)NC2C(=O)NC3C(=O)NC(C(=O)N[C@@H](C(=O)NOCCOC)c4cc(O)cc(O)c4-c4cc3ccc4O)C(O)c3ccc(c(Cl)c3)Oc3cc2cc(c3OC2OC(CO)C(O)C(O)C2OC2C[C@@](C)(NCc3cncc(C(=O)Nc4cc(Cl)cc(Cl)c4)c3)C(O)C(C)O2)Oc2ccc(cc2Cl)C1O. The van der Waals surface area contributed by atoms with E-state index in [9.17, 15) is 65.1 Å². The van der Waals surface area contributed by atoms with Crippen LogP contribution < -0.4 is 73.3 Å². The summed E-state index contributed by atoms with van der Waals surface area (Å²) in [7, 11) is 2.81. The first kappa shape index (κ1) is 92.3. The van der Waals surface area contributed by atoms with Gasteiger partial charge in [-0.05, 0) is 145 Å². The van der Waals surface area contributed by atoms with Crippen LogP contribution in [0.15, 0.2) is 116 Å². The van der Waals surface area contributed by atoms with Gasteiger partial charge in [0.1, 0.15) is 95.5 Å². The summed E-state index contributed by atoms with van der Waals surface area (Å²) < 4.78 is 44.6. The van der Waals surface area contributed by atoms with E-state index in [1.54, 1.807) is 13.0 Å². The zero-order valence-electron chi connectivity index (χ0n) is 66.8. The summed E-state index contributed by atoms with van der Waals surface area (Å²) in [6.07, 6.45) is -16.6. The Hall–Kier alpha value is -10.9. The van der Waals surface area contributed by atoms with Crippen molar-refractivity contribution in [2.75, 3.05) is 39.3 Å². The van der Waals surface area contributed by atoms with Crippen molar-refractivity contribution < 1.29 is 127 Å². The first-order valence-corrected chi connectivity index (χ1v) is 40.3. The number of anilines is 1. The quantitative estimate of drug-likeness (QED) is 0.0341. The number of phenolic OH excluding ortho intramolecular Hbond substituents is 3.